The molecule has 2 amide bonds. The van der Waals surface area contributed by atoms with Gasteiger partial charge in [0, 0.05) is 5.70 Å². The zero-order chi connectivity index (χ0) is 14.7. The number of allylic oxidation sites excluding steroid dienone is 1. The van der Waals surface area contributed by atoms with Crippen molar-refractivity contribution in [1.82, 2.24) is 10.6 Å². The van der Waals surface area contributed by atoms with E-state index in [-0.39, 0.29) is 11.9 Å². The second-order valence-electron chi connectivity index (χ2n) is 4.46. The number of nitrogens with one attached hydrogen (secondary N) is 2. The highest BCUT2D eigenvalue weighted by atomic mass is 35.5. The van der Waals surface area contributed by atoms with Gasteiger partial charge in [-0.3, -0.25) is 0 Å². The van der Waals surface area contributed by atoms with Gasteiger partial charge in [-0.1, -0.05) is 29.8 Å². The van der Waals surface area contributed by atoms with E-state index in [1.165, 1.54) is 7.11 Å². The summed E-state index contributed by atoms with van der Waals surface area (Å²) in [7, 11) is 1.30. The summed E-state index contributed by atoms with van der Waals surface area (Å²) in [6.07, 6.45) is 0. The Morgan fingerprint density at radius 2 is 2.00 bits per heavy atom. The molecule has 5 nitrogen and oxygen atoms in total. The van der Waals surface area contributed by atoms with Crippen LogP contribution < -0.4 is 10.6 Å². The van der Waals surface area contributed by atoms with Crippen molar-refractivity contribution in [3.8, 4) is 0 Å². The molecule has 1 heterocycles. The van der Waals surface area contributed by atoms with Gasteiger partial charge in [0.25, 0.3) is 0 Å². The molecule has 0 saturated carbocycles. The largest absolute Gasteiger partial charge is 0.466 e. The molecule has 0 radical (unpaired) electrons. The molecule has 6 heteroatoms. The first-order valence-electron chi connectivity index (χ1n) is 6.08. The predicted octanol–water partition coefficient (Wildman–Crippen LogP) is 2.01. The van der Waals surface area contributed by atoms with Crippen LogP contribution in [0.5, 0.6) is 0 Å². The summed E-state index contributed by atoms with van der Waals surface area (Å²) in [5, 5.41) is 5.25. The maximum absolute atomic E-state index is 12.0. The molecule has 0 fully saturated rings. The molecular weight excluding hydrogens is 280 g/mol. The van der Waals surface area contributed by atoms with E-state index in [2.05, 4.69) is 10.6 Å². The number of alkyl halides is 1. The standard InChI is InChI=1S/C14H15ClN2O3/c1-8-3-5-9(6-4-8)12-11(13(18)20-2)10(7-15)16-14(19)17-12/h3-6,12H,7H2,1-2H3,(H2,16,17,19). The smallest absolute Gasteiger partial charge is 0.338 e. The number of carbonyl (C=O) groups excluding carboxylic acids is 2. The van der Waals surface area contributed by atoms with E-state index in [0.29, 0.717) is 11.3 Å². The molecule has 1 aliphatic rings. The Balaban J connectivity index is 2.49. The summed E-state index contributed by atoms with van der Waals surface area (Å²) < 4.78 is 4.79. The monoisotopic (exact) mass is 294 g/mol. The quantitative estimate of drug-likeness (QED) is 0.662. The van der Waals surface area contributed by atoms with Crippen molar-refractivity contribution >= 4 is 23.6 Å². The molecule has 0 aromatic heterocycles. The molecule has 1 aromatic rings. The van der Waals surface area contributed by atoms with Gasteiger partial charge < -0.3 is 15.4 Å². The SMILES string of the molecule is COC(=O)C1=C(CCl)NC(=O)NC1c1ccc(C)cc1. The fourth-order valence-corrected chi connectivity index (χ4v) is 2.29. The molecule has 2 rings (SSSR count). The molecule has 1 aliphatic heterocycles. The number of hydrogen-bond donors (Lipinski definition) is 2. The van der Waals surface area contributed by atoms with Crippen LogP contribution in [-0.2, 0) is 9.53 Å². The minimum Gasteiger partial charge on any atom is -0.466 e. The summed E-state index contributed by atoms with van der Waals surface area (Å²) in [5.74, 6) is -0.487. The molecule has 0 bridgehead atoms. The maximum Gasteiger partial charge on any atom is 0.338 e. The lowest BCUT2D eigenvalue weighted by Gasteiger charge is -2.28. The van der Waals surface area contributed by atoms with Crippen LogP contribution in [0.3, 0.4) is 0 Å². The number of aryl methyl sites for hydroxylation is 1. The number of hydrogen-bond acceptors (Lipinski definition) is 3. The summed E-state index contributed by atoms with van der Waals surface area (Å²) in [5.41, 5.74) is 2.59. The zero-order valence-electron chi connectivity index (χ0n) is 11.2. The van der Waals surface area contributed by atoms with Crippen molar-refractivity contribution in [3.63, 3.8) is 0 Å². The van der Waals surface area contributed by atoms with Gasteiger partial charge in [0.05, 0.1) is 24.6 Å². The molecule has 20 heavy (non-hydrogen) atoms. The van der Waals surface area contributed by atoms with Crippen molar-refractivity contribution < 1.29 is 14.3 Å². The van der Waals surface area contributed by atoms with Crippen LogP contribution in [0.1, 0.15) is 17.2 Å². The Hall–Kier alpha value is -2.01. The lowest BCUT2D eigenvalue weighted by atomic mass is 9.95. The van der Waals surface area contributed by atoms with Crippen molar-refractivity contribution in [2.45, 2.75) is 13.0 Å². The van der Waals surface area contributed by atoms with E-state index < -0.39 is 12.0 Å². The van der Waals surface area contributed by atoms with Gasteiger partial charge in [-0.2, -0.15) is 0 Å². The van der Waals surface area contributed by atoms with Crippen LogP contribution >= 0.6 is 11.6 Å². The van der Waals surface area contributed by atoms with Crippen LogP contribution in [0.4, 0.5) is 4.79 Å². The first kappa shape index (κ1) is 14.4. The van der Waals surface area contributed by atoms with Crippen molar-refractivity contribution in [2.75, 3.05) is 13.0 Å². The number of amides is 2. The average Bonchev–Trinajstić information content (AvgIpc) is 2.46. The summed E-state index contributed by atoms with van der Waals surface area (Å²) >= 11 is 5.81. The van der Waals surface area contributed by atoms with Crippen LogP contribution in [0.25, 0.3) is 0 Å². The van der Waals surface area contributed by atoms with E-state index in [4.69, 9.17) is 16.3 Å². The third kappa shape index (κ3) is 2.77. The highest BCUT2D eigenvalue weighted by Gasteiger charge is 2.32. The third-order valence-corrected chi connectivity index (χ3v) is 3.37. The zero-order valence-corrected chi connectivity index (χ0v) is 12.0. The normalized spacial score (nSPS) is 18.4. The minimum absolute atomic E-state index is 0.0280. The van der Waals surface area contributed by atoms with Crippen LogP contribution in [0.15, 0.2) is 35.5 Å². The Kier molecular flexibility index (Phi) is 4.29. The number of ether oxygens (including phenoxy) is 1. The highest BCUT2D eigenvalue weighted by Crippen LogP contribution is 2.28. The van der Waals surface area contributed by atoms with Gasteiger partial charge >= 0.3 is 12.0 Å². The summed E-state index contributed by atoms with van der Waals surface area (Å²) in [4.78, 5) is 23.6. The third-order valence-electron chi connectivity index (χ3n) is 3.10. The van der Waals surface area contributed by atoms with E-state index >= 15 is 0 Å². The van der Waals surface area contributed by atoms with E-state index in [9.17, 15) is 9.59 Å². The molecular formula is C14H15ClN2O3. The van der Waals surface area contributed by atoms with Crippen LogP contribution in [0, 0.1) is 6.92 Å². The Labute approximate surface area is 121 Å². The number of urea groups is 1. The Morgan fingerprint density at radius 1 is 1.35 bits per heavy atom. The Morgan fingerprint density at radius 3 is 2.55 bits per heavy atom. The fourth-order valence-electron chi connectivity index (χ4n) is 2.08. The van der Waals surface area contributed by atoms with Gasteiger partial charge in [-0.15, -0.1) is 11.6 Å². The Bertz CT molecular complexity index is 566. The number of rotatable bonds is 3. The van der Waals surface area contributed by atoms with Gasteiger partial charge in [-0.05, 0) is 12.5 Å². The number of methoxy groups -OCH3 is 1. The van der Waals surface area contributed by atoms with Crippen LogP contribution in [0.2, 0.25) is 0 Å². The molecule has 0 aliphatic carbocycles. The topological polar surface area (TPSA) is 67.4 Å². The lowest BCUT2D eigenvalue weighted by Crippen LogP contribution is -2.46. The molecule has 106 valence electrons. The second kappa shape index (κ2) is 5.96. The van der Waals surface area contributed by atoms with E-state index in [1.54, 1.807) is 0 Å². The second-order valence-corrected chi connectivity index (χ2v) is 4.73. The van der Waals surface area contributed by atoms with Gasteiger partial charge in [0.1, 0.15) is 0 Å². The summed E-state index contributed by atoms with van der Waals surface area (Å²) in [6, 6.07) is 6.60. The first-order chi connectivity index (χ1) is 9.56. The fraction of sp³-hybridized carbons (Fsp3) is 0.286. The van der Waals surface area contributed by atoms with E-state index in [0.717, 1.165) is 11.1 Å². The summed E-state index contributed by atoms with van der Waals surface area (Å²) in [6.45, 7) is 1.96. The van der Waals surface area contributed by atoms with Crippen LogP contribution in [-0.4, -0.2) is 25.0 Å². The number of halogens is 1. The van der Waals surface area contributed by atoms with Gasteiger partial charge in [0.2, 0.25) is 0 Å². The van der Waals surface area contributed by atoms with Crippen molar-refractivity contribution in [2.24, 2.45) is 0 Å². The van der Waals surface area contributed by atoms with Crippen molar-refractivity contribution in [1.29, 1.82) is 0 Å². The van der Waals surface area contributed by atoms with Gasteiger partial charge in [-0.25, -0.2) is 9.59 Å². The maximum atomic E-state index is 12.0. The lowest BCUT2D eigenvalue weighted by molar-refractivity contribution is -0.136. The molecule has 0 saturated heterocycles. The molecule has 2 N–H and O–H groups in total. The van der Waals surface area contributed by atoms with Crippen molar-refractivity contribution in [3.05, 3.63) is 46.7 Å². The van der Waals surface area contributed by atoms with Gasteiger partial charge in [0.15, 0.2) is 0 Å². The average molecular weight is 295 g/mol. The molecule has 0 spiro atoms. The number of benzene rings is 1. The highest BCUT2D eigenvalue weighted by molar-refractivity contribution is 6.20. The molecule has 1 unspecified atom stereocenters. The number of carbonyl (C=O) groups is 2. The number of esters is 1. The molecule has 1 atom stereocenters. The molecule has 1 aromatic carbocycles. The first-order valence-corrected chi connectivity index (χ1v) is 6.61. The minimum atomic E-state index is -0.564. The predicted molar refractivity (Wildman–Crippen MR) is 75.3 cm³/mol. The van der Waals surface area contributed by atoms with E-state index in [1.807, 2.05) is 31.2 Å².